The van der Waals surface area contributed by atoms with Crippen molar-refractivity contribution < 1.29 is 0 Å². The Hall–Kier alpha value is -2.08. The van der Waals surface area contributed by atoms with E-state index in [4.69, 9.17) is 0 Å². The van der Waals surface area contributed by atoms with Crippen molar-refractivity contribution in [2.45, 2.75) is 19.8 Å². The summed E-state index contributed by atoms with van der Waals surface area (Å²) in [5, 5.41) is 2.62. The second-order valence-corrected chi connectivity index (χ2v) is 5.13. The second-order valence-electron chi connectivity index (χ2n) is 5.13. The molecular weight excluding hydrogens is 228 g/mol. The van der Waals surface area contributed by atoms with E-state index in [1.165, 1.54) is 27.5 Å². The number of fused-ring (bicyclic) bond motifs is 1. The average molecular weight is 246 g/mol. The van der Waals surface area contributed by atoms with Gasteiger partial charge in [0.25, 0.3) is 0 Å². The van der Waals surface area contributed by atoms with Crippen LogP contribution in [0.4, 0.5) is 0 Å². The van der Waals surface area contributed by atoms with Crippen molar-refractivity contribution in [3.63, 3.8) is 0 Å². The molecule has 0 atom stereocenters. The van der Waals surface area contributed by atoms with Crippen LogP contribution in [0.2, 0.25) is 0 Å². The van der Waals surface area contributed by atoms with E-state index in [1.54, 1.807) is 0 Å². The molecule has 0 heteroatoms. The summed E-state index contributed by atoms with van der Waals surface area (Å²) in [5.74, 6) is 0. The standard InChI is InChI=1S/C19H18/c1-14(2)17-12-6-10-16-11-7-13-18(19(16)17)15-8-4-3-5-9-15/h4,6-13H,1,3,5H2,2H3. The summed E-state index contributed by atoms with van der Waals surface area (Å²) in [6.07, 6.45) is 9.13. The molecule has 2 aromatic rings. The summed E-state index contributed by atoms with van der Waals surface area (Å²) in [5.41, 5.74) is 5.05. The zero-order valence-corrected chi connectivity index (χ0v) is 11.3. The minimum absolute atomic E-state index is 1.12. The first-order valence-electron chi connectivity index (χ1n) is 6.82. The largest absolute Gasteiger partial charge is 0.0955 e. The molecular formula is C19H18. The molecule has 1 aliphatic carbocycles. The molecule has 19 heavy (non-hydrogen) atoms. The van der Waals surface area contributed by atoms with Crippen LogP contribution in [-0.4, -0.2) is 0 Å². The Balaban J connectivity index is 2.33. The van der Waals surface area contributed by atoms with Crippen molar-refractivity contribution in [2.24, 2.45) is 0 Å². The van der Waals surface area contributed by atoms with Crippen LogP contribution in [0.15, 0.2) is 61.2 Å². The monoisotopic (exact) mass is 246 g/mol. The van der Waals surface area contributed by atoms with Crippen molar-refractivity contribution >= 4 is 21.9 Å². The highest BCUT2D eigenvalue weighted by atomic mass is 14.1. The smallest absolute Gasteiger partial charge is 0.00305 e. The minimum atomic E-state index is 1.12. The molecule has 0 N–H and O–H groups in total. The Kier molecular flexibility index (Phi) is 3.08. The van der Waals surface area contributed by atoms with Gasteiger partial charge in [-0.05, 0) is 47.2 Å². The third kappa shape index (κ3) is 2.15. The van der Waals surface area contributed by atoms with Crippen molar-refractivity contribution in [3.05, 3.63) is 72.3 Å². The topological polar surface area (TPSA) is 0 Å². The highest BCUT2D eigenvalue weighted by Gasteiger charge is 2.09. The molecule has 0 saturated heterocycles. The SMILES string of the molecule is C=C(C)c1cccc2cccc(C3=CCCC=C3)c12. The third-order valence-electron chi connectivity index (χ3n) is 3.67. The van der Waals surface area contributed by atoms with E-state index in [2.05, 4.69) is 68.1 Å². The van der Waals surface area contributed by atoms with E-state index in [0.717, 1.165) is 18.4 Å². The summed E-state index contributed by atoms with van der Waals surface area (Å²) in [7, 11) is 0. The third-order valence-corrected chi connectivity index (χ3v) is 3.67. The molecule has 0 aliphatic heterocycles. The normalized spacial score (nSPS) is 14.5. The van der Waals surface area contributed by atoms with Gasteiger partial charge in [0.05, 0.1) is 0 Å². The molecule has 0 spiro atoms. The molecule has 0 amide bonds. The Labute approximate surface area is 114 Å². The summed E-state index contributed by atoms with van der Waals surface area (Å²) < 4.78 is 0. The van der Waals surface area contributed by atoms with Gasteiger partial charge in [-0.1, -0.05) is 66.8 Å². The molecule has 2 aromatic carbocycles. The van der Waals surface area contributed by atoms with Gasteiger partial charge >= 0.3 is 0 Å². The van der Waals surface area contributed by atoms with Crippen molar-refractivity contribution in [3.8, 4) is 0 Å². The predicted molar refractivity (Wildman–Crippen MR) is 85.0 cm³/mol. The van der Waals surface area contributed by atoms with Gasteiger partial charge in [0, 0.05) is 0 Å². The van der Waals surface area contributed by atoms with Crippen LogP contribution >= 0.6 is 0 Å². The number of hydrogen-bond acceptors (Lipinski definition) is 0. The van der Waals surface area contributed by atoms with E-state index in [9.17, 15) is 0 Å². The molecule has 3 rings (SSSR count). The van der Waals surface area contributed by atoms with Crippen LogP contribution in [0, 0.1) is 0 Å². The van der Waals surface area contributed by atoms with Crippen LogP contribution < -0.4 is 0 Å². The molecule has 0 heterocycles. The lowest BCUT2D eigenvalue weighted by Gasteiger charge is -2.14. The summed E-state index contributed by atoms with van der Waals surface area (Å²) in [6, 6.07) is 13.0. The van der Waals surface area contributed by atoms with Gasteiger partial charge < -0.3 is 0 Å². The Morgan fingerprint density at radius 1 is 1.05 bits per heavy atom. The van der Waals surface area contributed by atoms with E-state index in [0.29, 0.717) is 0 Å². The fourth-order valence-corrected chi connectivity index (χ4v) is 2.75. The highest BCUT2D eigenvalue weighted by Crippen LogP contribution is 2.33. The van der Waals surface area contributed by atoms with Crippen LogP contribution in [0.5, 0.6) is 0 Å². The lowest BCUT2D eigenvalue weighted by Crippen LogP contribution is -1.91. The van der Waals surface area contributed by atoms with Crippen LogP contribution in [-0.2, 0) is 0 Å². The highest BCUT2D eigenvalue weighted by molar-refractivity contribution is 6.02. The molecule has 94 valence electrons. The Morgan fingerprint density at radius 2 is 1.84 bits per heavy atom. The first-order chi connectivity index (χ1) is 9.27. The van der Waals surface area contributed by atoms with E-state index >= 15 is 0 Å². The van der Waals surface area contributed by atoms with Gasteiger partial charge in [-0.25, -0.2) is 0 Å². The van der Waals surface area contributed by atoms with E-state index in [1.807, 2.05) is 0 Å². The summed E-state index contributed by atoms with van der Waals surface area (Å²) >= 11 is 0. The van der Waals surface area contributed by atoms with E-state index in [-0.39, 0.29) is 0 Å². The minimum Gasteiger partial charge on any atom is -0.0955 e. The zero-order valence-electron chi connectivity index (χ0n) is 11.3. The maximum absolute atomic E-state index is 4.12. The number of rotatable bonds is 2. The van der Waals surface area contributed by atoms with Crippen LogP contribution in [0.1, 0.15) is 30.9 Å². The van der Waals surface area contributed by atoms with Gasteiger partial charge in [-0.15, -0.1) is 0 Å². The van der Waals surface area contributed by atoms with Gasteiger partial charge in [-0.2, -0.15) is 0 Å². The quantitative estimate of drug-likeness (QED) is 0.646. The molecule has 0 bridgehead atoms. The average Bonchev–Trinajstić information content (AvgIpc) is 2.46. The second kappa shape index (κ2) is 4.89. The van der Waals surface area contributed by atoms with Gasteiger partial charge in [0.2, 0.25) is 0 Å². The molecule has 0 saturated carbocycles. The number of hydrogen-bond donors (Lipinski definition) is 0. The van der Waals surface area contributed by atoms with Gasteiger partial charge in [0.15, 0.2) is 0 Å². The lowest BCUT2D eigenvalue weighted by molar-refractivity contribution is 1.04. The maximum atomic E-state index is 4.12. The van der Waals surface area contributed by atoms with Crippen LogP contribution in [0.25, 0.3) is 21.9 Å². The predicted octanol–water partition coefficient (Wildman–Crippen LogP) is 5.61. The first-order valence-corrected chi connectivity index (χ1v) is 6.82. The fraction of sp³-hybridized carbons (Fsp3) is 0.158. The van der Waals surface area contributed by atoms with Crippen molar-refractivity contribution in [1.82, 2.24) is 0 Å². The van der Waals surface area contributed by atoms with Gasteiger partial charge in [0.1, 0.15) is 0 Å². The van der Waals surface area contributed by atoms with Crippen LogP contribution in [0.3, 0.4) is 0 Å². The van der Waals surface area contributed by atoms with E-state index < -0.39 is 0 Å². The first kappa shape index (κ1) is 12.0. The summed E-state index contributed by atoms with van der Waals surface area (Å²) in [4.78, 5) is 0. The molecule has 0 unspecified atom stereocenters. The lowest BCUT2D eigenvalue weighted by atomic mass is 9.90. The fourth-order valence-electron chi connectivity index (χ4n) is 2.75. The maximum Gasteiger partial charge on any atom is -0.00305 e. The zero-order chi connectivity index (χ0) is 13.2. The van der Waals surface area contributed by atoms with Gasteiger partial charge in [-0.3, -0.25) is 0 Å². The van der Waals surface area contributed by atoms with Crippen molar-refractivity contribution in [1.29, 1.82) is 0 Å². The number of benzene rings is 2. The molecule has 0 aromatic heterocycles. The van der Waals surface area contributed by atoms with Crippen molar-refractivity contribution in [2.75, 3.05) is 0 Å². The molecule has 0 nitrogen and oxygen atoms in total. The number of allylic oxidation sites excluding steroid dienone is 5. The molecule has 1 aliphatic rings. The molecule has 0 fully saturated rings. The Morgan fingerprint density at radius 3 is 2.53 bits per heavy atom. The summed E-state index contributed by atoms with van der Waals surface area (Å²) in [6.45, 7) is 6.20. The molecule has 0 radical (unpaired) electrons. The Bertz CT molecular complexity index is 694.